The molecule has 20 heavy (non-hydrogen) atoms. The molecule has 0 aliphatic heterocycles. The molecule has 0 radical (unpaired) electrons. The van der Waals surface area contributed by atoms with Gasteiger partial charge in [0.15, 0.2) is 0 Å². The fraction of sp³-hybridized carbons (Fsp3) is 0.467. The lowest BCUT2D eigenvalue weighted by Crippen LogP contribution is -2.27. The summed E-state index contributed by atoms with van der Waals surface area (Å²) < 4.78 is 0. The molecule has 0 aromatic heterocycles. The number of hydrogen-bond acceptors (Lipinski definition) is 3. The molecule has 3 unspecified atom stereocenters. The van der Waals surface area contributed by atoms with Crippen LogP contribution in [-0.4, -0.2) is 22.1 Å². The third kappa shape index (κ3) is 2.24. The number of hydrogen-bond donors (Lipinski definition) is 3. The summed E-state index contributed by atoms with van der Waals surface area (Å²) >= 11 is 0. The van der Waals surface area contributed by atoms with Crippen LogP contribution in [0.3, 0.4) is 0 Å². The number of anilines is 1. The SMILES string of the molecule is O=C(O)c1ccc(O)c(NC(=O)C2CC3CCC2C3)c1. The van der Waals surface area contributed by atoms with Gasteiger partial charge < -0.3 is 15.5 Å². The van der Waals surface area contributed by atoms with Crippen LogP contribution >= 0.6 is 0 Å². The molecular formula is C15H17NO4. The van der Waals surface area contributed by atoms with E-state index in [1.54, 1.807) is 0 Å². The number of carboxylic acid groups (broad SMARTS) is 1. The molecule has 1 amide bonds. The maximum absolute atomic E-state index is 12.3. The highest BCUT2D eigenvalue weighted by Crippen LogP contribution is 2.48. The number of rotatable bonds is 3. The second-order valence-electron chi connectivity index (χ2n) is 5.81. The summed E-state index contributed by atoms with van der Waals surface area (Å²) in [5, 5.41) is 21.4. The molecule has 2 bridgehead atoms. The van der Waals surface area contributed by atoms with Crippen molar-refractivity contribution in [2.45, 2.75) is 25.7 Å². The quantitative estimate of drug-likeness (QED) is 0.739. The van der Waals surface area contributed by atoms with Gasteiger partial charge in [-0.1, -0.05) is 6.42 Å². The summed E-state index contributed by atoms with van der Waals surface area (Å²) in [7, 11) is 0. The molecule has 3 N–H and O–H groups in total. The minimum atomic E-state index is -1.08. The number of amides is 1. The van der Waals surface area contributed by atoms with Crippen molar-refractivity contribution in [3.63, 3.8) is 0 Å². The highest BCUT2D eigenvalue weighted by atomic mass is 16.4. The van der Waals surface area contributed by atoms with Gasteiger partial charge in [0.1, 0.15) is 5.75 Å². The van der Waals surface area contributed by atoms with Crippen LogP contribution in [0.25, 0.3) is 0 Å². The van der Waals surface area contributed by atoms with Gasteiger partial charge in [0, 0.05) is 5.92 Å². The average molecular weight is 275 g/mol. The molecule has 1 aromatic carbocycles. The monoisotopic (exact) mass is 275 g/mol. The molecule has 0 heterocycles. The topological polar surface area (TPSA) is 86.6 Å². The van der Waals surface area contributed by atoms with Crippen molar-refractivity contribution in [2.24, 2.45) is 17.8 Å². The number of aromatic carboxylic acids is 1. The van der Waals surface area contributed by atoms with Crippen molar-refractivity contribution in [3.05, 3.63) is 23.8 Å². The largest absolute Gasteiger partial charge is 0.506 e. The van der Waals surface area contributed by atoms with E-state index in [1.807, 2.05) is 0 Å². The second kappa shape index (κ2) is 4.81. The standard InChI is InChI=1S/C15H17NO4/c17-13-4-3-10(15(19)20)7-12(13)16-14(18)11-6-8-1-2-9(11)5-8/h3-4,7-9,11,17H,1-2,5-6H2,(H,16,18)(H,19,20). The number of phenols is 1. The molecule has 2 aliphatic carbocycles. The molecule has 1 aromatic rings. The molecule has 0 saturated heterocycles. The Morgan fingerprint density at radius 3 is 2.60 bits per heavy atom. The first-order valence-electron chi connectivity index (χ1n) is 6.91. The number of carbonyl (C=O) groups is 2. The lowest BCUT2D eigenvalue weighted by atomic mass is 9.88. The Labute approximate surface area is 116 Å². The molecule has 0 spiro atoms. The summed E-state index contributed by atoms with van der Waals surface area (Å²) in [4.78, 5) is 23.2. The van der Waals surface area contributed by atoms with Crippen molar-refractivity contribution in [3.8, 4) is 5.75 Å². The van der Waals surface area contributed by atoms with Gasteiger partial charge in [-0.05, 0) is 49.3 Å². The van der Waals surface area contributed by atoms with Crippen LogP contribution in [0.15, 0.2) is 18.2 Å². The van der Waals surface area contributed by atoms with Crippen LogP contribution in [0.4, 0.5) is 5.69 Å². The van der Waals surface area contributed by atoms with Crippen LogP contribution in [0.2, 0.25) is 0 Å². The Morgan fingerprint density at radius 2 is 2.00 bits per heavy atom. The number of phenolic OH excluding ortho intramolecular Hbond substituents is 1. The van der Waals surface area contributed by atoms with Crippen LogP contribution in [0, 0.1) is 17.8 Å². The zero-order valence-corrected chi connectivity index (χ0v) is 11.0. The molecule has 3 rings (SSSR count). The van der Waals surface area contributed by atoms with Crippen LogP contribution in [-0.2, 0) is 4.79 Å². The fourth-order valence-corrected chi connectivity index (χ4v) is 3.56. The molecule has 3 atom stereocenters. The predicted octanol–water partition coefficient (Wildman–Crippen LogP) is 2.47. The molecule has 2 saturated carbocycles. The summed E-state index contributed by atoms with van der Waals surface area (Å²) in [6.45, 7) is 0. The zero-order valence-electron chi connectivity index (χ0n) is 11.0. The Bertz CT molecular complexity index is 569. The first kappa shape index (κ1) is 13.0. The van der Waals surface area contributed by atoms with Crippen LogP contribution in [0.5, 0.6) is 5.75 Å². The average Bonchev–Trinajstić information content (AvgIpc) is 3.03. The van der Waals surface area contributed by atoms with E-state index in [4.69, 9.17) is 5.11 Å². The van der Waals surface area contributed by atoms with E-state index in [-0.39, 0.29) is 28.8 Å². The zero-order chi connectivity index (χ0) is 14.3. The van der Waals surface area contributed by atoms with E-state index >= 15 is 0 Å². The summed E-state index contributed by atoms with van der Waals surface area (Å²) in [5.41, 5.74) is 0.226. The van der Waals surface area contributed by atoms with Gasteiger partial charge in [-0.15, -0.1) is 0 Å². The molecule has 5 nitrogen and oxygen atoms in total. The first-order valence-corrected chi connectivity index (χ1v) is 6.91. The predicted molar refractivity (Wildman–Crippen MR) is 72.6 cm³/mol. The molecular weight excluding hydrogens is 258 g/mol. The van der Waals surface area contributed by atoms with Gasteiger partial charge in [0.05, 0.1) is 11.3 Å². The maximum Gasteiger partial charge on any atom is 0.335 e. The number of carboxylic acids is 1. The summed E-state index contributed by atoms with van der Waals surface area (Å²) in [6, 6.07) is 3.90. The normalized spacial score (nSPS) is 27.5. The van der Waals surface area contributed by atoms with Gasteiger partial charge in [0.25, 0.3) is 0 Å². The van der Waals surface area contributed by atoms with E-state index in [0.717, 1.165) is 19.3 Å². The number of aromatic hydroxyl groups is 1. The Balaban J connectivity index is 1.75. The second-order valence-corrected chi connectivity index (χ2v) is 5.81. The Morgan fingerprint density at radius 1 is 1.20 bits per heavy atom. The van der Waals surface area contributed by atoms with Crippen molar-refractivity contribution >= 4 is 17.6 Å². The van der Waals surface area contributed by atoms with Gasteiger partial charge in [-0.2, -0.15) is 0 Å². The third-order valence-corrected chi connectivity index (χ3v) is 4.58. The number of benzene rings is 1. The smallest absolute Gasteiger partial charge is 0.335 e. The number of nitrogens with one attached hydrogen (secondary N) is 1. The van der Waals surface area contributed by atoms with Crippen molar-refractivity contribution < 1.29 is 19.8 Å². The van der Waals surface area contributed by atoms with Crippen molar-refractivity contribution in [1.82, 2.24) is 0 Å². The molecule has 2 fully saturated rings. The van der Waals surface area contributed by atoms with E-state index in [0.29, 0.717) is 11.8 Å². The Kier molecular flexibility index (Phi) is 3.12. The van der Waals surface area contributed by atoms with E-state index in [9.17, 15) is 14.7 Å². The third-order valence-electron chi connectivity index (χ3n) is 4.58. The van der Waals surface area contributed by atoms with Crippen LogP contribution in [0.1, 0.15) is 36.0 Å². The number of fused-ring (bicyclic) bond motifs is 2. The highest BCUT2D eigenvalue weighted by molar-refractivity contribution is 5.96. The molecule has 2 aliphatic rings. The van der Waals surface area contributed by atoms with E-state index in [1.165, 1.54) is 24.6 Å². The lowest BCUT2D eigenvalue weighted by molar-refractivity contribution is -0.121. The van der Waals surface area contributed by atoms with Crippen molar-refractivity contribution in [2.75, 3.05) is 5.32 Å². The van der Waals surface area contributed by atoms with Gasteiger partial charge >= 0.3 is 5.97 Å². The number of carbonyl (C=O) groups excluding carboxylic acids is 1. The fourth-order valence-electron chi connectivity index (χ4n) is 3.56. The first-order chi connectivity index (χ1) is 9.54. The summed E-state index contributed by atoms with van der Waals surface area (Å²) in [6.07, 6.45) is 4.35. The minimum Gasteiger partial charge on any atom is -0.506 e. The van der Waals surface area contributed by atoms with E-state index in [2.05, 4.69) is 5.32 Å². The Hall–Kier alpha value is -2.04. The summed E-state index contributed by atoms with van der Waals surface area (Å²) in [5.74, 6) is -0.178. The lowest BCUT2D eigenvalue weighted by Gasteiger charge is -2.21. The molecule has 106 valence electrons. The van der Waals surface area contributed by atoms with Gasteiger partial charge in [0.2, 0.25) is 5.91 Å². The highest BCUT2D eigenvalue weighted by Gasteiger charge is 2.43. The van der Waals surface area contributed by atoms with Gasteiger partial charge in [-0.3, -0.25) is 4.79 Å². The van der Waals surface area contributed by atoms with Crippen LogP contribution < -0.4 is 5.32 Å². The molecule has 5 heteroatoms. The maximum atomic E-state index is 12.3. The minimum absolute atomic E-state index is 0.00151. The van der Waals surface area contributed by atoms with Gasteiger partial charge in [-0.25, -0.2) is 4.79 Å². The van der Waals surface area contributed by atoms with Crippen molar-refractivity contribution in [1.29, 1.82) is 0 Å². The van der Waals surface area contributed by atoms with E-state index < -0.39 is 5.97 Å².